The zero-order valence-corrected chi connectivity index (χ0v) is 12.8. The molecule has 0 saturated heterocycles. The molecule has 8 heteroatoms. The Bertz CT molecular complexity index is 863. The number of benzene rings is 1. The van der Waals surface area contributed by atoms with Gasteiger partial charge in [0.15, 0.2) is 22.3 Å². The van der Waals surface area contributed by atoms with Crippen LogP contribution in [0.4, 0.5) is 13.2 Å². The number of aromatic nitrogens is 2. The Morgan fingerprint density at radius 2 is 1.79 bits per heavy atom. The van der Waals surface area contributed by atoms with Gasteiger partial charge >= 0.3 is 6.18 Å². The fourth-order valence-corrected chi connectivity index (χ4v) is 2.66. The number of alkyl halides is 3. The van der Waals surface area contributed by atoms with Gasteiger partial charge in [0.2, 0.25) is 0 Å². The Morgan fingerprint density at radius 1 is 1.04 bits per heavy atom. The molecule has 122 valence electrons. The SMILES string of the molecule is O=Cc1ccc(Sc2nc(-c3ccccc3)cc(C(F)(F)F)n2)o1. The first-order chi connectivity index (χ1) is 11.5. The van der Waals surface area contributed by atoms with Gasteiger partial charge in [-0.1, -0.05) is 30.3 Å². The van der Waals surface area contributed by atoms with Crippen molar-refractivity contribution < 1.29 is 22.4 Å². The molecule has 3 rings (SSSR count). The summed E-state index contributed by atoms with van der Waals surface area (Å²) in [5.74, 6) is 0.0766. The van der Waals surface area contributed by atoms with Crippen LogP contribution in [-0.4, -0.2) is 16.3 Å². The summed E-state index contributed by atoms with van der Waals surface area (Å²) in [4.78, 5) is 18.3. The minimum Gasteiger partial charge on any atom is -0.447 e. The number of carbonyl (C=O) groups is 1. The molecule has 0 unspecified atom stereocenters. The van der Waals surface area contributed by atoms with E-state index >= 15 is 0 Å². The number of hydrogen-bond acceptors (Lipinski definition) is 5. The van der Waals surface area contributed by atoms with E-state index in [4.69, 9.17) is 4.42 Å². The van der Waals surface area contributed by atoms with Crippen LogP contribution in [0.25, 0.3) is 11.3 Å². The summed E-state index contributed by atoms with van der Waals surface area (Å²) in [5, 5.41) is 0.117. The van der Waals surface area contributed by atoms with Crippen molar-refractivity contribution >= 4 is 18.0 Å². The van der Waals surface area contributed by atoms with Crippen molar-refractivity contribution in [3.05, 3.63) is 60.0 Å². The molecule has 0 fully saturated rings. The molecule has 0 aliphatic rings. The van der Waals surface area contributed by atoms with Crippen LogP contribution in [0.1, 0.15) is 16.2 Å². The number of aldehydes is 1. The van der Waals surface area contributed by atoms with E-state index < -0.39 is 11.9 Å². The van der Waals surface area contributed by atoms with Crippen LogP contribution in [0, 0.1) is 0 Å². The molecule has 0 aliphatic carbocycles. The highest BCUT2D eigenvalue weighted by Crippen LogP contribution is 2.34. The van der Waals surface area contributed by atoms with Crippen LogP contribution >= 0.6 is 11.8 Å². The van der Waals surface area contributed by atoms with Crippen LogP contribution in [0.15, 0.2) is 63.2 Å². The largest absolute Gasteiger partial charge is 0.447 e. The minimum absolute atomic E-state index is 0.0766. The van der Waals surface area contributed by atoms with Gasteiger partial charge in [0.25, 0.3) is 0 Å². The van der Waals surface area contributed by atoms with Crippen molar-refractivity contribution in [2.75, 3.05) is 0 Å². The van der Waals surface area contributed by atoms with Crippen molar-refractivity contribution in [1.82, 2.24) is 9.97 Å². The average molecular weight is 350 g/mol. The summed E-state index contributed by atoms with van der Waals surface area (Å²) in [6.07, 6.45) is -4.09. The Labute approximate surface area is 138 Å². The molecule has 1 aromatic carbocycles. The highest BCUT2D eigenvalue weighted by atomic mass is 32.2. The Balaban J connectivity index is 2.03. The second kappa shape index (κ2) is 6.48. The molecule has 0 atom stereocenters. The number of furan rings is 1. The van der Waals surface area contributed by atoms with Gasteiger partial charge in [-0.2, -0.15) is 13.2 Å². The maximum Gasteiger partial charge on any atom is 0.433 e. The number of hydrogen-bond donors (Lipinski definition) is 0. The number of nitrogens with zero attached hydrogens (tertiary/aromatic N) is 2. The molecular weight excluding hydrogens is 341 g/mol. The topological polar surface area (TPSA) is 56.0 Å². The molecule has 0 N–H and O–H groups in total. The van der Waals surface area contributed by atoms with Crippen molar-refractivity contribution in [3.8, 4) is 11.3 Å². The summed E-state index contributed by atoms with van der Waals surface area (Å²) in [7, 11) is 0. The van der Waals surface area contributed by atoms with E-state index in [0.717, 1.165) is 17.8 Å². The zero-order valence-electron chi connectivity index (χ0n) is 11.9. The molecule has 2 heterocycles. The molecular formula is C16H9F3N2O2S. The molecule has 0 aliphatic heterocycles. The van der Waals surface area contributed by atoms with Crippen molar-refractivity contribution in [3.63, 3.8) is 0 Å². The first-order valence-electron chi connectivity index (χ1n) is 6.70. The molecule has 2 aromatic heterocycles. The summed E-state index contributed by atoms with van der Waals surface area (Å²) in [6, 6.07) is 12.3. The highest BCUT2D eigenvalue weighted by molar-refractivity contribution is 7.99. The lowest BCUT2D eigenvalue weighted by atomic mass is 10.1. The average Bonchev–Trinajstić information content (AvgIpc) is 3.02. The lowest BCUT2D eigenvalue weighted by Crippen LogP contribution is -2.10. The Kier molecular flexibility index (Phi) is 4.39. The van der Waals surface area contributed by atoms with E-state index in [1.807, 2.05) is 0 Å². The number of rotatable bonds is 4. The molecule has 0 radical (unpaired) electrons. The summed E-state index contributed by atoms with van der Waals surface area (Å²) in [5.41, 5.74) is -0.344. The maximum atomic E-state index is 13.1. The van der Waals surface area contributed by atoms with Gasteiger partial charge in [-0.15, -0.1) is 0 Å². The van der Waals surface area contributed by atoms with Gasteiger partial charge in [0.1, 0.15) is 5.69 Å². The summed E-state index contributed by atoms with van der Waals surface area (Å²) < 4.78 is 44.4. The van der Waals surface area contributed by atoms with Gasteiger partial charge in [0, 0.05) is 5.56 Å². The van der Waals surface area contributed by atoms with E-state index in [2.05, 4.69) is 9.97 Å². The van der Waals surface area contributed by atoms with Gasteiger partial charge in [-0.25, -0.2) is 9.97 Å². The Hall–Kier alpha value is -2.61. The van der Waals surface area contributed by atoms with Crippen LogP contribution in [0.2, 0.25) is 0 Å². The van der Waals surface area contributed by atoms with Gasteiger partial charge in [-0.05, 0) is 30.0 Å². The van der Waals surface area contributed by atoms with E-state index in [0.29, 0.717) is 11.8 Å². The van der Waals surface area contributed by atoms with Crippen LogP contribution in [0.5, 0.6) is 0 Å². The molecule has 0 saturated carbocycles. The van der Waals surface area contributed by atoms with Crippen molar-refractivity contribution in [2.45, 2.75) is 16.4 Å². The first-order valence-corrected chi connectivity index (χ1v) is 7.52. The van der Waals surface area contributed by atoms with Crippen molar-refractivity contribution in [1.29, 1.82) is 0 Å². The third kappa shape index (κ3) is 3.65. The maximum absolute atomic E-state index is 13.1. The van der Waals surface area contributed by atoms with Gasteiger partial charge < -0.3 is 4.42 Å². The van der Waals surface area contributed by atoms with Gasteiger partial charge in [0.05, 0.1) is 5.69 Å². The molecule has 24 heavy (non-hydrogen) atoms. The zero-order chi connectivity index (χ0) is 17.2. The fraction of sp³-hybridized carbons (Fsp3) is 0.0625. The molecule has 0 amide bonds. The minimum atomic E-state index is -4.60. The first kappa shape index (κ1) is 16.3. The number of halogens is 3. The summed E-state index contributed by atoms with van der Waals surface area (Å²) in [6.45, 7) is 0. The van der Waals surface area contributed by atoms with Crippen LogP contribution in [-0.2, 0) is 6.18 Å². The number of carbonyl (C=O) groups excluding carboxylic acids is 1. The highest BCUT2D eigenvalue weighted by Gasteiger charge is 2.34. The molecule has 0 bridgehead atoms. The van der Waals surface area contributed by atoms with Crippen molar-refractivity contribution in [2.24, 2.45) is 0 Å². The monoisotopic (exact) mass is 350 g/mol. The Morgan fingerprint density at radius 3 is 2.42 bits per heavy atom. The van der Waals surface area contributed by atoms with E-state index in [9.17, 15) is 18.0 Å². The quantitative estimate of drug-likeness (QED) is 0.503. The second-order valence-electron chi connectivity index (χ2n) is 4.66. The fourth-order valence-electron chi connectivity index (χ4n) is 1.92. The second-order valence-corrected chi connectivity index (χ2v) is 5.63. The third-order valence-corrected chi connectivity index (χ3v) is 3.76. The lowest BCUT2D eigenvalue weighted by molar-refractivity contribution is -0.141. The molecule has 3 aromatic rings. The molecule has 0 spiro atoms. The molecule has 4 nitrogen and oxygen atoms in total. The standard InChI is InChI=1S/C16H9F3N2O2S/c17-16(18,19)13-8-12(10-4-2-1-3-5-10)20-15(21-13)24-14-7-6-11(9-22)23-14/h1-9H. The third-order valence-electron chi connectivity index (χ3n) is 2.98. The van der Waals surface area contributed by atoms with E-state index in [-0.39, 0.29) is 21.7 Å². The van der Waals surface area contributed by atoms with Gasteiger partial charge in [-0.3, -0.25) is 4.79 Å². The summed E-state index contributed by atoms with van der Waals surface area (Å²) >= 11 is 0.815. The lowest BCUT2D eigenvalue weighted by Gasteiger charge is -2.09. The predicted octanol–water partition coefficient (Wildman–Crippen LogP) is 4.72. The normalized spacial score (nSPS) is 11.5. The smallest absolute Gasteiger partial charge is 0.433 e. The van der Waals surface area contributed by atoms with E-state index in [1.54, 1.807) is 30.3 Å². The predicted molar refractivity (Wildman–Crippen MR) is 80.7 cm³/mol. The van der Waals surface area contributed by atoms with Crippen LogP contribution in [0.3, 0.4) is 0 Å². The van der Waals surface area contributed by atoms with Crippen LogP contribution < -0.4 is 0 Å². The van der Waals surface area contributed by atoms with E-state index in [1.165, 1.54) is 12.1 Å².